The van der Waals surface area contributed by atoms with Gasteiger partial charge in [-0.05, 0) is 32.1 Å². The van der Waals surface area contributed by atoms with Crippen LogP contribution in [0.1, 0.15) is 110 Å². The standard InChI is InChI=1S/C20H40O3S/c1-2-3-4-5-6-7-8-9-10-11-12-13-14-15-16-17-18-19-20-24(21,22)23/h11-12H,2-10,13-20H2,1H3,(H,21,22,23)/b12-11-. The Labute approximate surface area is 151 Å². The molecule has 144 valence electrons. The summed E-state index contributed by atoms with van der Waals surface area (Å²) in [4.78, 5) is 0. The zero-order chi connectivity index (χ0) is 17.9. The number of allylic oxidation sites excluding steroid dienone is 2. The molecule has 0 amide bonds. The van der Waals surface area contributed by atoms with Crippen LogP contribution in [0.2, 0.25) is 0 Å². The fourth-order valence-electron chi connectivity index (χ4n) is 2.89. The molecule has 0 fully saturated rings. The summed E-state index contributed by atoms with van der Waals surface area (Å²) in [7, 11) is -3.76. The van der Waals surface area contributed by atoms with Gasteiger partial charge >= 0.3 is 0 Å². The maximum absolute atomic E-state index is 10.6. The lowest BCUT2D eigenvalue weighted by atomic mass is 10.1. The number of hydrogen-bond donors (Lipinski definition) is 1. The Morgan fingerprint density at radius 3 is 1.42 bits per heavy atom. The highest BCUT2D eigenvalue weighted by Crippen LogP contribution is 2.11. The SMILES string of the molecule is CCCCCCCCCC/C=C\CCCCCCCCS(=O)(=O)O. The van der Waals surface area contributed by atoms with Gasteiger partial charge in [0.05, 0.1) is 5.75 Å². The van der Waals surface area contributed by atoms with E-state index >= 15 is 0 Å². The van der Waals surface area contributed by atoms with E-state index in [1.54, 1.807) is 0 Å². The molecule has 0 radical (unpaired) electrons. The summed E-state index contributed by atoms with van der Waals surface area (Å²) in [5.74, 6) is -0.0888. The molecule has 0 aromatic carbocycles. The predicted octanol–water partition coefficient (Wildman–Crippen LogP) is 6.69. The minimum absolute atomic E-state index is 0.0888. The molecule has 0 saturated carbocycles. The zero-order valence-electron chi connectivity index (χ0n) is 15.8. The molecule has 1 N–H and O–H groups in total. The lowest BCUT2D eigenvalue weighted by Crippen LogP contribution is -2.03. The maximum atomic E-state index is 10.6. The average molecular weight is 361 g/mol. The first-order chi connectivity index (χ1) is 11.6. The molecule has 3 nitrogen and oxygen atoms in total. The van der Waals surface area contributed by atoms with E-state index in [1.807, 2.05) is 0 Å². The third-order valence-electron chi connectivity index (χ3n) is 4.41. The van der Waals surface area contributed by atoms with Crippen LogP contribution in [0.5, 0.6) is 0 Å². The Morgan fingerprint density at radius 1 is 0.625 bits per heavy atom. The second-order valence-electron chi connectivity index (χ2n) is 6.93. The molecule has 24 heavy (non-hydrogen) atoms. The smallest absolute Gasteiger partial charge is 0.264 e. The molecule has 0 aliphatic rings. The van der Waals surface area contributed by atoms with Crippen LogP contribution < -0.4 is 0 Å². The van der Waals surface area contributed by atoms with Crippen molar-refractivity contribution >= 4 is 10.1 Å². The predicted molar refractivity (Wildman–Crippen MR) is 105 cm³/mol. The van der Waals surface area contributed by atoms with Crippen LogP contribution in [0, 0.1) is 0 Å². The van der Waals surface area contributed by atoms with Crippen LogP contribution in [0.15, 0.2) is 12.2 Å². The fourth-order valence-corrected chi connectivity index (χ4v) is 3.45. The van der Waals surface area contributed by atoms with E-state index in [0.717, 1.165) is 19.3 Å². The molecule has 0 atom stereocenters. The van der Waals surface area contributed by atoms with Gasteiger partial charge in [-0.1, -0.05) is 89.7 Å². The van der Waals surface area contributed by atoms with Crippen molar-refractivity contribution in [2.24, 2.45) is 0 Å². The van der Waals surface area contributed by atoms with Crippen molar-refractivity contribution in [1.29, 1.82) is 0 Å². The second kappa shape index (κ2) is 17.5. The van der Waals surface area contributed by atoms with Crippen LogP contribution >= 0.6 is 0 Å². The van der Waals surface area contributed by atoms with Crippen molar-refractivity contribution < 1.29 is 13.0 Å². The molecule has 0 aromatic rings. The van der Waals surface area contributed by atoms with E-state index in [2.05, 4.69) is 19.1 Å². The van der Waals surface area contributed by atoms with Crippen LogP contribution in [-0.4, -0.2) is 18.7 Å². The van der Waals surface area contributed by atoms with Crippen molar-refractivity contribution in [1.82, 2.24) is 0 Å². The van der Waals surface area contributed by atoms with E-state index in [4.69, 9.17) is 4.55 Å². The van der Waals surface area contributed by atoms with E-state index in [9.17, 15) is 8.42 Å². The highest BCUT2D eigenvalue weighted by atomic mass is 32.2. The summed E-state index contributed by atoms with van der Waals surface area (Å²) in [6.07, 6.45) is 24.3. The Bertz CT molecular complexity index is 374. The fraction of sp³-hybridized carbons (Fsp3) is 0.900. The molecule has 0 aliphatic heterocycles. The molecule has 0 aromatic heterocycles. The molecular formula is C20H40O3S. The minimum atomic E-state index is -3.76. The highest BCUT2D eigenvalue weighted by molar-refractivity contribution is 7.85. The van der Waals surface area contributed by atoms with Gasteiger partial charge in [0.25, 0.3) is 10.1 Å². The lowest BCUT2D eigenvalue weighted by molar-refractivity contribution is 0.478. The monoisotopic (exact) mass is 360 g/mol. The van der Waals surface area contributed by atoms with Crippen molar-refractivity contribution in [3.05, 3.63) is 12.2 Å². The van der Waals surface area contributed by atoms with Crippen molar-refractivity contribution in [3.63, 3.8) is 0 Å². The van der Waals surface area contributed by atoms with Gasteiger partial charge in [-0.3, -0.25) is 4.55 Å². The Hall–Kier alpha value is -0.350. The Morgan fingerprint density at radius 2 is 1.00 bits per heavy atom. The van der Waals surface area contributed by atoms with Gasteiger partial charge in [-0.15, -0.1) is 0 Å². The molecule has 0 saturated heterocycles. The molecule has 0 aliphatic carbocycles. The first-order valence-corrected chi connectivity index (χ1v) is 11.8. The first-order valence-electron chi connectivity index (χ1n) is 10.2. The summed E-state index contributed by atoms with van der Waals surface area (Å²) in [6.45, 7) is 2.26. The zero-order valence-corrected chi connectivity index (χ0v) is 16.7. The molecule has 4 heteroatoms. The van der Waals surface area contributed by atoms with Crippen LogP contribution in [-0.2, 0) is 10.1 Å². The topological polar surface area (TPSA) is 54.4 Å². The van der Waals surface area contributed by atoms with Crippen LogP contribution in [0.4, 0.5) is 0 Å². The molecule has 0 spiro atoms. The van der Waals surface area contributed by atoms with Crippen molar-refractivity contribution in [2.45, 2.75) is 110 Å². The van der Waals surface area contributed by atoms with Crippen LogP contribution in [0.3, 0.4) is 0 Å². The van der Waals surface area contributed by atoms with Gasteiger partial charge in [-0.2, -0.15) is 8.42 Å². The summed E-state index contributed by atoms with van der Waals surface area (Å²) in [5, 5.41) is 0. The third kappa shape index (κ3) is 21.6. The van der Waals surface area contributed by atoms with Crippen LogP contribution in [0.25, 0.3) is 0 Å². The van der Waals surface area contributed by atoms with E-state index in [0.29, 0.717) is 6.42 Å². The summed E-state index contributed by atoms with van der Waals surface area (Å²) >= 11 is 0. The summed E-state index contributed by atoms with van der Waals surface area (Å²) < 4.78 is 29.7. The van der Waals surface area contributed by atoms with Gasteiger partial charge in [-0.25, -0.2) is 0 Å². The maximum Gasteiger partial charge on any atom is 0.264 e. The van der Waals surface area contributed by atoms with Gasteiger partial charge in [0.2, 0.25) is 0 Å². The Kier molecular flexibility index (Phi) is 17.2. The average Bonchev–Trinajstić information content (AvgIpc) is 2.52. The molecule has 0 unspecified atom stereocenters. The van der Waals surface area contributed by atoms with Gasteiger partial charge in [0.15, 0.2) is 0 Å². The highest BCUT2D eigenvalue weighted by Gasteiger charge is 2.02. The number of unbranched alkanes of at least 4 members (excludes halogenated alkanes) is 14. The second-order valence-corrected chi connectivity index (χ2v) is 8.50. The quantitative estimate of drug-likeness (QED) is 0.168. The first kappa shape index (κ1) is 23.6. The minimum Gasteiger partial charge on any atom is -0.286 e. The van der Waals surface area contributed by atoms with Gasteiger partial charge in [0, 0.05) is 0 Å². The van der Waals surface area contributed by atoms with E-state index in [1.165, 1.54) is 77.0 Å². The molecular weight excluding hydrogens is 320 g/mol. The largest absolute Gasteiger partial charge is 0.286 e. The Balaban J connectivity index is 3.14. The molecule has 0 rings (SSSR count). The van der Waals surface area contributed by atoms with E-state index in [-0.39, 0.29) is 5.75 Å². The molecule has 0 heterocycles. The van der Waals surface area contributed by atoms with Crippen molar-refractivity contribution in [3.8, 4) is 0 Å². The van der Waals surface area contributed by atoms with E-state index < -0.39 is 10.1 Å². The van der Waals surface area contributed by atoms with Gasteiger partial charge < -0.3 is 0 Å². The van der Waals surface area contributed by atoms with Gasteiger partial charge in [0.1, 0.15) is 0 Å². The third-order valence-corrected chi connectivity index (χ3v) is 5.22. The van der Waals surface area contributed by atoms with Crippen molar-refractivity contribution in [2.75, 3.05) is 5.75 Å². The number of hydrogen-bond acceptors (Lipinski definition) is 2. The molecule has 0 bridgehead atoms. The summed E-state index contributed by atoms with van der Waals surface area (Å²) in [6, 6.07) is 0. The lowest BCUT2D eigenvalue weighted by Gasteiger charge is -2.00. The number of rotatable bonds is 18. The summed E-state index contributed by atoms with van der Waals surface area (Å²) in [5.41, 5.74) is 0. The normalized spacial score (nSPS) is 12.2.